The molecule has 0 radical (unpaired) electrons. The first-order chi connectivity index (χ1) is 5.61. The van der Waals surface area contributed by atoms with Gasteiger partial charge in [-0.05, 0) is 31.1 Å². The maximum absolute atomic E-state index is 4.05. The normalized spacial score (nSPS) is 38.7. The van der Waals surface area contributed by atoms with Crippen LogP contribution in [0.4, 0.5) is 0 Å². The molecule has 0 aromatic heterocycles. The Kier molecular flexibility index (Phi) is 1.71. The molecule has 0 amide bonds. The number of hydrogen-bond acceptors (Lipinski definition) is 1. The molecule has 2 fully saturated rings. The van der Waals surface area contributed by atoms with Gasteiger partial charge in [0.1, 0.15) is 0 Å². The molecule has 1 heterocycles. The minimum Gasteiger partial charge on any atom is -0.372 e. The molecule has 1 aliphatic carbocycles. The molecule has 2 rings (SSSR count). The second-order valence-corrected chi connectivity index (χ2v) is 4.78. The highest BCUT2D eigenvalue weighted by Gasteiger charge is 2.52. The summed E-state index contributed by atoms with van der Waals surface area (Å²) in [5, 5.41) is 0. The third-order valence-electron chi connectivity index (χ3n) is 3.38. The first-order valence-corrected chi connectivity index (χ1v) is 5.03. The SMILES string of the molecule is C=C(C)N1CC2CC2C1C(C)C. The van der Waals surface area contributed by atoms with Gasteiger partial charge < -0.3 is 4.90 Å². The van der Waals surface area contributed by atoms with E-state index in [1.165, 1.54) is 18.7 Å². The maximum Gasteiger partial charge on any atom is 0.0341 e. The summed E-state index contributed by atoms with van der Waals surface area (Å²) in [6.45, 7) is 12.1. The van der Waals surface area contributed by atoms with Crippen LogP contribution < -0.4 is 0 Å². The highest BCUT2D eigenvalue weighted by Crippen LogP contribution is 2.52. The summed E-state index contributed by atoms with van der Waals surface area (Å²) < 4.78 is 0. The zero-order valence-electron chi connectivity index (χ0n) is 8.38. The fourth-order valence-corrected chi connectivity index (χ4v) is 2.77. The van der Waals surface area contributed by atoms with Crippen molar-refractivity contribution in [3.63, 3.8) is 0 Å². The van der Waals surface area contributed by atoms with Crippen molar-refractivity contribution in [1.29, 1.82) is 0 Å². The average molecular weight is 165 g/mol. The predicted octanol–water partition coefficient (Wildman–Crippen LogP) is 2.50. The molecule has 2 aliphatic rings. The van der Waals surface area contributed by atoms with Crippen molar-refractivity contribution in [2.24, 2.45) is 17.8 Å². The second-order valence-electron chi connectivity index (χ2n) is 4.78. The molecule has 3 atom stereocenters. The van der Waals surface area contributed by atoms with Gasteiger partial charge >= 0.3 is 0 Å². The number of allylic oxidation sites excluding steroid dienone is 1. The number of fused-ring (bicyclic) bond motifs is 1. The molecule has 1 saturated carbocycles. The highest BCUT2D eigenvalue weighted by molar-refractivity contribution is 5.10. The molecule has 0 bridgehead atoms. The van der Waals surface area contributed by atoms with Gasteiger partial charge in [0, 0.05) is 18.3 Å². The standard InChI is InChI=1S/C11H19N/c1-7(2)11-10-5-9(10)6-12(11)8(3)4/h7,9-11H,3,5-6H2,1-2,4H3. The molecule has 1 saturated heterocycles. The minimum absolute atomic E-state index is 0.791. The lowest BCUT2D eigenvalue weighted by Gasteiger charge is -2.32. The summed E-state index contributed by atoms with van der Waals surface area (Å²) in [4.78, 5) is 2.52. The lowest BCUT2D eigenvalue weighted by molar-refractivity contribution is 0.223. The van der Waals surface area contributed by atoms with Crippen LogP contribution in [0.15, 0.2) is 12.3 Å². The number of piperidine rings is 1. The highest BCUT2D eigenvalue weighted by atomic mass is 15.2. The zero-order chi connectivity index (χ0) is 8.88. The van der Waals surface area contributed by atoms with Crippen LogP contribution in [0, 0.1) is 17.8 Å². The van der Waals surface area contributed by atoms with E-state index in [-0.39, 0.29) is 0 Å². The van der Waals surface area contributed by atoms with Gasteiger partial charge in [-0.2, -0.15) is 0 Å². The molecule has 1 nitrogen and oxygen atoms in total. The monoisotopic (exact) mass is 165 g/mol. The summed E-state index contributed by atoms with van der Waals surface area (Å²) in [5.74, 6) is 2.80. The number of likely N-dealkylation sites (tertiary alicyclic amines) is 1. The van der Waals surface area contributed by atoms with Crippen LogP contribution in [-0.4, -0.2) is 17.5 Å². The average Bonchev–Trinajstić information content (AvgIpc) is 2.60. The Morgan fingerprint density at radius 3 is 2.58 bits per heavy atom. The molecule has 0 aromatic rings. The molecule has 12 heavy (non-hydrogen) atoms. The number of hydrogen-bond donors (Lipinski definition) is 0. The van der Waals surface area contributed by atoms with Gasteiger partial charge in [-0.25, -0.2) is 0 Å². The van der Waals surface area contributed by atoms with Crippen molar-refractivity contribution in [3.8, 4) is 0 Å². The molecule has 3 unspecified atom stereocenters. The topological polar surface area (TPSA) is 3.24 Å². The van der Waals surface area contributed by atoms with Crippen molar-refractivity contribution in [2.45, 2.75) is 33.2 Å². The molecule has 0 spiro atoms. The Labute approximate surface area is 75.4 Å². The molecular formula is C11H19N. The third-order valence-corrected chi connectivity index (χ3v) is 3.38. The summed E-state index contributed by atoms with van der Waals surface area (Å²) >= 11 is 0. The van der Waals surface area contributed by atoms with Crippen LogP contribution >= 0.6 is 0 Å². The summed E-state index contributed by atoms with van der Waals surface area (Å²) in [6, 6.07) is 0.799. The smallest absolute Gasteiger partial charge is 0.0341 e. The van der Waals surface area contributed by atoms with Gasteiger partial charge in [-0.3, -0.25) is 0 Å². The first-order valence-electron chi connectivity index (χ1n) is 5.03. The van der Waals surface area contributed by atoms with Gasteiger partial charge in [0.05, 0.1) is 0 Å². The van der Waals surface area contributed by atoms with Crippen molar-refractivity contribution < 1.29 is 0 Å². The molecule has 68 valence electrons. The lowest BCUT2D eigenvalue weighted by atomic mass is 9.99. The van der Waals surface area contributed by atoms with E-state index in [9.17, 15) is 0 Å². The molecule has 1 aliphatic heterocycles. The van der Waals surface area contributed by atoms with Crippen LogP contribution in [0.5, 0.6) is 0 Å². The van der Waals surface area contributed by atoms with E-state index in [4.69, 9.17) is 0 Å². The molecule has 0 aromatic carbocycles. The fraction of sp³-hybridized carbons (Fsp3) is 0.818. The van der Waals surface area contributed by atoms with Gasteiger partial charge in [-0.1, -0.05) is 20.4 Å². The number of rotatable bonds is 2. The minimum atomic E-state index is 0.791. The van der Waals surface area contributed by atoms with Crippen molar-refractivity contribution >= 4 is 0 Å². The van der Waals surface area contributed by atoms with E-state index >= 15 is 0 Å². The van der Waals surface area contributed by atoms with Crippen LogP contribution in [0.1, 0.15) is 27.2 Å². The maximum atomic E-state index is 4.05. The quantitative estimate of drug-likeness (QED) is 0.607. The summed E-state index contributed by atoms with van der Waals surface area (Å²) in [5.41, 5.74) is 1.26. The second kappa shape index (κ2) is 2.51. The Hall–Kier alpha value is -0.460. The third kappa shape index (κ3) is 1.07. The Morgan fingerprint density at radius 1 is 1.50 bits per heavy atom. The molecular weight excluding hydrogens is 146 g/mol. The van der Waals surface area contributed by atoms with Crippen molar-refractivity contribution in [1.82, 2.24) is 4.90 Å². The summed E-state index contributed by atoms with van der Waals surface area (Å²) in [7, 11) is 0. The van der Waals surface area contributed by atoms with E-state index in [2.05, 4.69) is 32.3 Å². The van der Waals surface area contributed by atoms with E-state index in [1.807, 2.05) is 0 Å². The van der Waals surface area contributed by atoms with Crippen LogP contribution in [0.2, 0.25) is 0 Å². The Bertz CT molecular complexity index is 207. The zero-order valence-corrected chi connectivity index (χ0v) is 8.38. The predicted molar refractivity (Wildman–Crippen MR) is 51.7 cm³/mol. The van der Waals surface area contributed by atoms with E-state index < -0.39 is 0 Å². The van der Waals surface area contributed by atoms with Gasteiger partial charge in [0.2, 0.25) is 0 Å². The van der Waals surface area contributed by atoms with Gasteiger partial charge in [0.15, 0.2) is 0 Å². The van der Waals surface area contributed by atoms with Crippen LogP contribution in [-0.2, 0) is 0 Å². The van der Waals surface area contributed by atoms with E-state index in [1.54, 1.807) is 0 Å². The van der Waals surface area contributed by atoms with E-state index in [0.717, 1.165) is 23.8 Å². The van der Waals surface area contributed by atoms with Crippen LogP contribution in [0.25, 0.3) is 0 Å². The van der Waals surface area contributed by atoms with Gasteiger partial charge in [-0.15, -0.1) is 0 Å². The van der Waals surface area contributed by atoms with E-state index in [0.29, 0.717) is 0 Å². The fourth-order valence-electron chi connectivity index (χ4n) is 2.77. The first kappa shape index (κ1) is 8.15. The van der Waals surface area contributed by atoms with Gasteiger partial charge in [0.25, 0.3) is 0 Å². The van der Waals surface area contributed by atoms with Crippen molar-refractivity contribution in [2.75, 3.05) is 6.54 Å². The number of nitrogens with zero attached hydrogens (tertiary/aromatic N) is 1. The lowest BCUT2D eigenvalue weighted by Crippen LogP contribution is -2.35. The van der Waals surface area contributed by atoms with Crippen molar-refractivity contribution in [3.05, 3.63) is 12.3 Å². The van der Waals surface area contributed by atoms with Crippen LogP contribution in [0.3, 0.4) is 0 Å². The molecule has 1 heteroatoms. The largest absolute Gasteiger partial charge is 0.372 e. The molecule has 0 N–H and O–H groups in total. The Balaban J connectivity index is 2.11. The summed E-state index contributed by atoms with van der Waals surface area (Å²) in [6.07, 6.45) is 1.48. The Morgan fingerprint density at radius 2 is 2.17 bits per heavy atom.